The second-order valence-corrected chi connectivity index (χ2v) is 10.1. The molecule has 1 unspecified atom stereocenters. The number of benzene rings is 1. The van der Waals surface area contributed by atoms with Crippen molar-refractivity contribution in [1.29, 1.82) is 0 Å². The molecule has 4 nitrogen and oxygen atoms in total. The average Bonchev–Trinajstić information content (AvgIpc) is 3.67. The SMILES string of the molecule is CCCN(CCC1CC1)c1cc(C)c(CC(C)CC)cc1NC(=O)/C(C)=C/C=C1/C=CC=NC1. The van der Waals surface area contributed by atoms with E-state index in [1.165, 1.54) is 30.4 Å². The van der Waals surface area contributed by atoms with Gasteiger partial charge in [0.15, 0.2) is 0 Å². The van der Waals surface area contributed by atoms with Crippen LogP contribution in [0.5, 0.6) is 0 Å². The van der Waals surface area contributed by atoms with E-state index in [4.69, 9.17) is 0 Å². The molecule has 0 bridgehead atoms. The zero-order valence-electron chi connectivity index (χ0n) is 21.9. The van der Waals surface area contributed by atoms with E-state index in [2.05, 4.69) is 55.0 Å². The maximum atomic E-state index is 13.2. The van der Waals surface area contributed by atoms with Crippen LogP contribution in [0, 0.1) is 18.8 Å². The lowest BCUT2D eigenvalue weighted by Crippen LogP contribution is -2.27. The zero-order chi connectivity index (χ0) is 24.5. The number of carbonyl (C=O) groups excluding carboxylic acids is 1. The first-order valence-corrected chi connectivity index (χ1v) is 13.1. The number of amides is 1. The highest BCUT2D eigenvalue weighted by Crippen LogP contribution is 2.36. The molecule has 1 N–H and O–H groups in total. The number of allylic oxidation sites excluding steroid dienone is 3. The highest BCUT2D eigenvalue weighted by atomic mass is 16.1. The van der Waals surface area contributed by atoms with Gasteiger partial charge < -0.3 is 10.2 Å². The Morgan fingerprint density at radius 3 is 2.71 bits per heavy atom. The summed E-state index contributed by atoms with van der Waals surface area (Å²) in [5.41, 5.74) is 6.57. The molecule has 1 aliphatic heterocycles. The van der Waals surface area contributed by atoms with Gasteiger partial charge in [-0.2, -0.15) is 0 Å². The van der Waals surface area contributed by atoms with E-state index in [9.17, 15) is 4.79 Å². The van der Waals surface area contributed by atoms with E-state index in [0.717, 1.165) is 55.2 Å². The van der Waals surface area contributed by atoms with Crippen molar-refractivity contribution in [2.24, 2.45) is 16.8 Å². The summed E-state index contributed by atoms with van der Waals surface area (Å²) in [6.45, 7) is 13.6. The van der Waals surface area contributed by atoms with Crippen LogP contribution < -0.4 is 10.2 Å². The van der Waals surface area contributed by atoms with Crippen molar-refractivity contribution in [3.63, 3.8) is 0 Å². The van der Waals surface area contributed by atoms with Crippen LogP contribution in [0.3, 0.4) is 0 Å². The summed E-state index contributed by atoms with van der Waals surface area (Å²) in [7, 11) is 0. The summed E-state index contributed by atoms with van der Waals surface area (Å²) in [5, 5.41) is 3.27. The summed E-state index contributed by atoms with van der Waals surface area (Å²) >= 11 is 0. The molecule has 34 heavy (non-hydrogen) atoms. The van der Waals surface area contributed by atoms with E-state index in [1.54, 1.807) is 0 Å². The molecule has 1 atom stereocenters. The van der Waals surface area contributed by atoms with Gasteiger partial charge in [0, 0.05) is 24.9 Å². The molecule has 3 rings (SSSR count). The Kier molecular flexibility index (Phi) is 9.74. The number of aliphatic imine (C=N–C) groups is 1. The maximum Gasteiger partial charge on any atom is 0.251 e. The Bertz CT molecular complexity index is 966. The molecule has 0 aromatic heterocycles. The largest absolute Gasteiger partial charge is 0.370 e. The van der Waals surface area contributed by atoms with Gasteiger partial charge in [0.05, 0.1) is 17.9 Å². The molecule has 1 fully saturated rings. The van der Waals surface area contributed by atoms with Gasteiger partial charge in [-0.15, -0.1) is 0 Å². The first-order valence-electron chi connectivity index (χ1n) is 13.1. The fourth-order valence-corrected chi connectivity index (χ4v) is 4.28. The van der Waals surface area contributed by atoms with Gasteiger partial charge in [0.25, 0.3) is 5.91 Å². The predicted octanol–water partition coefficient (Wildman–Crippen LogP) is 7.05. The van der Waals surface area contributed by atoms with Gasteiger partial charge in [0.1, 0.15) is 0 Å². The number of anilines is 2. The molecule has 184 valence electrons. The minimum absolute atomic E-state index is 0.0432. The fourth-order valence-electron chi connectivity index (χ4n) is 4.28. The molecule has 0 radical (unpaired) electrons. The van der Waals surface area contributed by atoms with E-state index in [0.29, 0.717) is 18.0 Å². The molecule has 0 saturated heterocycles. The minimum atomic E-state index is -0.0432. The number of aryl methyl sites for hydroxylation is 1. The van der Waals surface area contributed by atoms with E-state index < -0.39 is 0 Å². The number of rotatable bonds is 12. The van der Waals surface area contributed by atoms with Crippen LogP contribution in [-0.4, -0.2) is 31.8 Å². The summed E-state index contributed by atoms with van der Waals surface area (Å²) < 4.78 is 0. The Morgan fingerprint density at radius 2 is 2.06 bits per heavy atom. The lowest BCUT2D eigenvalue weighted by Gasteiger charge is -2.28. The molecule has 1 aromatic rings. The van der Waals surface area contributed by atoms with Gasteiger partial charge in [-0.1, -0.05) is 58.3 Å². The summed E-state index contributed by atoms with van der Waals surface area (Å²) in [5.74, 6) is 1.46. The van der Waals surface area contributed by atoms with Crippen molar-refractivity contribution in [2.75, 3.05) is 29.9 Å². The monoisotopic (exact) mass is 461 g/mol. The number of nitrogens with one attached hydrogen (secondary N) is 1. The van der Waals surface area contributed by atoms with Crippen molar-refractivity contribution < 1.29 is 4.79 Å². The van der Waals surface area contributed by atoms with Gasteiger partial charge in [0.2, 0.25) is 0 Å². The van der Waals surface area contributed by atoms with Crippen LogP contribution in [0.2, 0.25) is 0 Å². The van der Waals surface area contributed by atoms with Crippen LogP contribution in [-0.2, 0) is 11.2 Å². The standard InChI is InChI=1S/C30H43N3O/c1-6-16-33(17-14-25-12-13-25)29-19-24(5)27(18-22(3)7-2)20-28(29)32-30(34)23(4)10-11-26-9-8-15-31-21-26/h8-11,15,19-20,22,25H,6-7,12-14,16-18,21H2,1-5H3,(H,32,34)/b23-10+,26-11-. The van der Waals surface area contributed by atoms with Gasteiger partial charge in [-0.25, -0.2) is 0 Å². The molecular formula is C30H43N3O. The molecule has 0 spiro atoms. The number of hydrogen-bond donors (Lipinski definition) is 1. The quantitative estimate of drug-likeness (QED) is 0.339. The van der Waals surface area contributed by atoms with Crippen molar-refractivity contribution in [1.82, 2.24) is 0 Å². The number of nitrogens with zero attached hydrogens (tertiary/aromatic N) is 2. The predicted molar refractivity (Wildman–Crippen MR) is 147 cm³/mol. The average molecular weight is 462 g/mol. The Balaban J connectivity index is 1.87. The third-order valence-electron chi connectivity index (χ3n) is 6.99. The van der Waals surface area contributed by atoms with Crippen LogP contribution >= 0.6 is 0 Å². The topological polar surface area (TPSA) is 44.7 Å². The number of carbonyl (C=O) groups is 1. The van der Waals surface area contributed by atoms with Crippen LogP contribution in [0.4, 0.5) is 11.4 Å². The maximum absolute atomic E-state index is 13.2. The Hall–Kier alpha value is -2.62. The zero-order valence-corrected chi connectivity index (χ0v) is 21.9. The summed E-state index contributed by atoms with van der Waals surface area (Å²) in [4.78, 5) is 19.9. The third kappa shape index (κ3) is 7.72. The Morgan fingerprint density at radius 1 is 1.26 bits per heavy atom. The summed E-state index contributed by atoms with van der Waals surface area (Å²) in [6.07, 6.45) is 16.9. The van der Waals surface area contributed by atoms with E-state index in [-0.39, 0.29) is 5.91 Å². The lowest BCUT2D eigenvalue weighted by atomic mass is 9.94. The molecular weight excluding hydrogens is 418 g/mol. The second kappa shape index (κ2) is 12.7. The molecule has 1 aromatic carbocycles. The molecule has 1 aliphatic carbocycles. The van der Waals surface area contributed by atoms with Crippen molar-refractivity contribution in [3.8, 4) is 0 Å². The van der Waals surface area contributed by atoms with Gasteiger partial charge in [-0.05, 0) is 79.9 Å². The van der Waals surface area contributed by atoms with Crippen LogP contribution in [0.15, 0.2) is 52.6 Å². The molecule has 4 heteroatoms. The highest BCUT2D eigenvalue weighted by molar-refractivity contribution is 6.05. The number of hydrogen-bond acceptors (Lipinski definition) is 3. The fraction of sp³-hybridized carbons (Fsp3) is 0.533. The van der Waals surface area contributed by atoms with Crippen molar-refractivity contribution in [2.45, 2.75) is 73.1 Å². The number of dihydropyridines is 1. The normalized spacial score (nSPS) is 17.8. The van der Waals surface area contributed by atoms with E-state index >= 15 is 0 Å². The smallest absolute Gasteiger partial charge is 0.251 e. The van der Waals surface area contributed by atoms with Gasteiger partial charge >= 0.3 is 0 Å². The lowest BCUT2D eigenvalue weighted by molar-refractivity contribution is -0.112. The second-order valence-electron chi connectivity index (χ2n) is 10.1. The van der Waals surface area contributed by atoms with Crippen molar-refractivity contribution >= 4 is 23.5 Å². The highest BCUT2D eigenvalue weighted by Gasteiger charge is 2.23. The Labute approximate surface area is 206 Å². The van der Waals surface area contributed by atoms with Crippen LogP contribution in [0.25, 0.3) is 0 Å². The molecule has 1 heterocycles. The third-order valence-corrected chi connectivity index (χ3v) is 6.99. The van der Waals surface area contributed by atoms with Crippen molar-refractivity contribution in [3.05, 3.63) is 58.7 Å². The molecule has 1 saturated carbocycles. The minimum Gasteiger partial charge on any atom is -0.370 e. The summed E-state index contributed by atoms with van der Waals surface area (Å²) in [6, 6.07) is 4.54. The first kappa shape index (κ1) is 26.0. The van der Waals surface area contributed by atoms with Gasteiger partial charge in [-0.3, -0.25) is 9.79 Å². The molecule has 2 aliphatic rings. The van der Waals surface area contributed by atoms with E-state index in [1.807, 2.05) is 37.4 Å². The molecule has 1 amide bonds. The first-order chi connectivity index (χ1) is 16.4. The van der Waals surface area contributed by atoms with Crippen LogP contribution in [0.1, 0.15) is 70.9 Å².